The van der Waals surface area contributed by atoms with E-state index in [1.807, 2.05) is 13.1 Å². The second-order valence-corrected chi connectivity index (χ2v) is 4.74. The number of benzene rings is 1. The second kappa shape index (κ2) is 5.02. The molecule has 1 aromatic carbocycles. The Hall–Kier alpha value is -2.27. The van der Waals surface area contributed by atoms with Gasteiger partial charge in [-0.2, -0.15) is 0 Å². The number of hydrogen-bond donors (Lipinski definition) is 1. The zero-order chi connectivity index (χ0) is 14.1. The number of carbonyl (C=O) groups excluding carboxylic acids is 1. The monoisotopic (exact) mass is 289 g/mol. The van der Waals surface area contributed by atoms with Crippen LogP contribution < -0.4 is 5.32 Å². The molecule has 5 nitrogen and oxygen atoms in total. The van der Waals surface area contributed by atoms with Gasteiger partial charge in [0.25, 0.3) is 5.91 Å². The Labute approximate surface area is 120 Å². The van der Waals surface area contributed by atoms with Crippen LogP contribution in [0.25, 0.3) is 11.0 Å². The second-order valence-electron chi connectivity index (χ2n) is 4.41. The van der Waals surface area contributed by atoms with Crippen LogP contribution in [0.2, 0.25) is 5.28 Å². The van der Waals surface area contributed by atoms with Crippen molar-refractivity contribution in [3.8, 4) is 0 Å². The van der Waals surface area contributed by atoms with Crippen molar-refractivity contribution in [3.05, 3.63) is 53.2 Å². The third-order valence-electron chi connectivity index (χ3n) is 3.09. The van der Waals surface area contributed by atoms with Crippen molar-refractivity contribution in [2.24, 2.45) is 7.05 Å². The summed E-state index contributed by atoms with van der Waals surface area (Å²) in [6.45, 7) is 0.357. The first kappa shape index (κ1) is 12.7. The number of amides is 1. The van der Waals surface area contributed by atoms with Gasteiger partial charge in [-0.25, -0.2) is 4.98 Å². The topological polar surface area (TPSA) is 60.1 Å². The van der Waals surface area contributed by atoms with Crippen LogP contribution in [0.5, 0.6) is 0 Å². The molecule has 1 amide bonds. The zero-order valence-electron chi connectivity index (χ0n) is 10.8. The molecule has 2 heterocycles. The van der Waals surface area contributed by atoms with Crippen LogP contribution in [0, 0.1) is 0 Å². The van der Waals surface area contributed by atoms with Gasteiger partial charge in [-0.15, -0.1) is 0 Å². The highest BCUT2D eigenvalue weighted by Crippen LogP contribution is 2.19. The smallest absolute Gasteiger partial charge is 0.251 e. The lowest BCUT2D eigenvalue weighted by molar-refractivity contribution is 0.0948. The van der Waals surface area contributed by atoms with Crippen LogP contribution in [0.15, 0.2) is 41.0 Å². The van der Waals surface area contributed by atoms with Crippen LogP contribution in [0.3, 0.4) is 0 Å². The average molecular weight is 290 g/mol. The highest BCUT2D eigenvalue weighted by atomic mass is 35.5. The molecule has 0 radical (unpaired) electrons. The third kappa shape index (κ3) is 2.28. The molecule has 0 saturated carbocycles. The summed E-state index contributed by atoms with van der Waals surface area (Å²) in [6.07, 6.45) is 1.57. The number of rotatable bonds is 3. The van der Waals surface area contributed by atoms with Gasteiger partial charge in [0, 0.05) is 12.6 Å². The normalized spacial score (nSPS) is 10.9. The van der Waals surface area contributed by atoms with E-state index in [1.54, 1.807) is 35.1 Å². The van der Waals surface area contributed by atoms with Gasteiger partial charge in [0.05, 0.1) is 23.8 Å². The number of aryl methyl sites for hydroxylation is 1. The molecule has 0 aliphatic heterocycles. The maximum absolute atomic E-state index is 12.1. The summed E-state index contributed by atoms with van der Waals surface area (Å²) in [6, 6.07) is 8.87. The van der Waals surface area contributed by atoms with Gasteiger partial charge < -0.3 is 14.3 Å². The Bertz CT molecular complexity index is 762. The number of fused-ring (bicyclic) bond motifs is 1. The van der Waals surface area contributed by atoms with E-state index in [9.17, 15) is 4.79 Å². The molecule has 2 aromatic heterocycles. The lowest BCUT2D eigenvalue weighted by atomic mass is 10.2. The number of imidazole rings is 1. The molecule has 3 aromatic rings. The van der Waals surface area contributed by atoms with Crippen molar-refractivity contribution in [2.75, 3.05) is 0 Å². The molecular formula is C14H12ClN3O2. The fourth-order valence-electron chi connectivity index (χ4n) is 1.98. The van der Waals surface area contributed by atoms with Gasteiger partial charge in [0.1, 0.15) is 5.76 Å². The van der Waals surface area contributed by atoms with E-state index >= 15 is 0 Å². The van der Waals surface area contributed by atoms with Gasteiger partial charge in [-0.3, -0.25) is 4.79 Å². The van der Waals surface area contributed by atoms with Crippen molar-refractivity contribution in [3.63, 3.8) is 0 Å². The molecular weight excluding hydrogens is 278 g/mol. The minimum Gasteiger partial charge on any atom is -0.467 e. The van der Waals surface area contributed by atoms with Crippen LogP contribution in [-0.4, -0.2) is 15.5 Å². The summed E-state index contributed by atoms with van der Waals surface area (Å²) in [5, 5.41) is 3.19. The van der Waals surface area contributed by atoms with Gasteiger partial charge >= 0.3 is 0 Å². The molecule has 6 heteroatoms. The molecule has 0 aliphatic carbocycles. The molecule has 0 spiro atoms. The zero-order valence-corrected chi connectivity index (χ0v) is 11.5. The SMILES string of the molecule is Cn1c(Cl)nc2ccc(C(=O)NCc3ccco3)cc21. The van der Waals surface area contributed by atoms with E-state index in [1.165, 1.54) is 0 Å². The van der Waals surface area contributed by atoms with Crippen LogP contribution in [0.1, 0.15) is 16.1 Å². The van der Waals surface area contributed by atoms with Crippen LogP contribution in [-0.2, 0) is 13.6 Å². The highest BCUT2D eigenvalue weighted by molar-refractivity contribution is 6.29. The maximum Gasteiger partial charge on any atom is 0.251 e. The summed E-state index contributed by atoms with van der Waals surface area (Å²) >= 11 is 5.95. The molecule has 0 saturated heterocycles. The standard InChI is InChI=1S/C14H12ClN3O2/c1-18-12-7-9(4-5-11(12)17-14(18)15)13(19)16-8-10-3-2-6-20-10/h2-7H,8H2,1H3,(H,16,19). The fourth-order valence-corrected chi connectivity index (χ4v) is 2.17. The number of aromatic nitrogens is 2. The number of nitrogens with one attached hydrogen (secondary N) is 1. The number of halogens is 1. The van der Waals surface area contributed by atoms with E-state index in [4.69, 9.17) is 16.0 Å². The summed E-state index contributed by atoms with van der Waals surface area (Å²) in [5.41, 5.74) is 2.14. The molecule has 0 aliphatic rings. The van der Waals surface area contributed by atoms with Crippen LogP contribution >= 0.6 is 11.6 Å². The molecule has 0 unspecified atom stereocenters. The lowest BCUT2D eigenvalue weighted by Gasteiger charge is -2.04. The first-order valence-corrected chi connectivity index (χ1v) is 6.45. The molecule has 3 rings (SSSR count). The van der Waals surface area contributed by atoms with Crippen LogP contribution in [0.4, 0.5) is 0 Å². The van der Waals surface area contributed by atoms with Crippen molar-refractivity contribution < 1.29 is 9.21 Å². The lowest BCUT2D eigenvalue weighted by Crippen LogP contribution is -2.22. The summed E-state index contributed by atoms with van der Waals surface area (Å²) in [4.78, 5) is 16.3. The van der Waals surface area contributed by atoms with Crippen molar-refractivity contribution in [1.29, 1.82) is 0 Å². The van der Waals surface area contributed by atoms with Crippen molar-refractivity contribution in [1.82, 2.24) is 14.9 Å². The Balaban J connectivity index is 1.82. The first-order chi connectivity index (χ1) is 9.65. The Morgan fingerprint density at radius 1 is 1.45 bits per heavy atom. The number of nitrogens with zero attached hydrogens (tertiary/aromatic N) is 2. The number of carbonyl (C=O) groups is 1. The van der Waals surface area contributed by atoms with Gasteiger partial charge in [-0.1, -0.05) is 0 Å². The maximum atomic E-state index is 12.1. The number of furan rings is 1. The molecule has 20 heavy (non-hydrogen) atoms. The Morgan fingerprint density at radius 2 is 2.30 bits per heavy atom. The molecule has 102 valence electrons. The molecule has 0 fully saturated rings. The number of hydrogen-bond acceptors (Lipinski definition) is 3. The fraction of sp³-hybridized carbons (Fsp3) is 0.143. The largest absolute Gasteiger partial charge is 0.467 e. The van der Waals surface area contributed by atoms with E-state index in [2.05, 4.69) is 10.3 Å². The first-order valence-electron chi connectivity index (χ1n) is 6.08. The molecule has 0 atom stereocenters. The van der Waals surface area contributed by atoms with Gasteiger partial charge in [-0.05, 0) is 41.9 Å². The van der Waals surface area contributed by atoms with E-state index in [0.29, 0.717) is 23.2 Å². The quantitative estimate of drug-likeness (QED) is 0.806. The highest BCUT2D eigenvalue weighted by Gasteiger charge is 2.11. The Morgan fingerprint density at radius 3 is 3.05 bits per heavy atom. The summed E-state index contributed by atoms with van der Waals surface area (Å²) in [5.74, 6) is 0.545. The van der Waals surface area contributed by atoms with E-state index in [-0.39, 0.29) is 5.91 Å². The van der Waals surface area contributed by atoms with Gasteiger partial charge in [0.15, 0.2) is 0 Å². The predicted octanol–water partition coefficient (Wildman–Crippen LogP) is 2.75. The minimum absolute atomic E-state index is 0.166. The minimum atomic E-state index is -0.166. The Kier molecular flexibility index (Phi) is 3.20. The van der Waals surface area contributed by atoms with E-state index < -0.39 is 0 Å². The van der Waals surface area contributed by atoms with Gasteiger partial charge in [0.2, 0.25) is 5.28 Å². The van der Waals surface area contributed by atoms with Crippen molar-refractivity contribution in [2.45, 2.75) is 6.54 Å². The predicted molar refractivity (Wildman–Crippen MR) is 75.6 cm³/mol. The van der Waals surface area contributed by atoms with E-state index in [0.717, 1.165) is 11.0 Å². The molecule has 1 N–H and O–H groups in total. The summed E-state index contributed by atoms with van der Waals surface area (Å²) < 4.78 is 6.90. The summed E-state index contributed by atoms with van der Waals surface area (Å²) in [7, 11) is 1.81. The third-order valence-corrected chi connectivity index (χ3v) is 3.43. The molecule has 0 bridgehead atoms. The average Bonchev–Trinajstić information content (AvgIpc) is 3.06. The van der Waals surface area contributed by atoms with Crippen molar-refractivity contribution >= 4 is 28.5 Å².